The molecule has 4 heteroatoms. The third kappa shape index (κ3) is 8.45. The van der Waals surface area contributed by atoms with Gasteiger partial charge in [0.1, 0.15) is 0 Å². The van der Waals surface area contributed by atoms with Gasteiger partial charge in [0.15, 0.2) is 0 Å². The number of unbranched alkanes of at least 4 members (excludes halogenated alkanes) is 2. The molecule has 0 radical (unpaired) electrons. The molecule has 0 unspecified atom stereocenters. The molecule has 0 rings (SSSR count). The summed E-state index contributed by atoms with van der Waals surface area (Å²) in [6.07, 6.45) is 5.08. The van der Waals surface area contributed by atoms with Crippen molar-refractivity contribution in [3.63, 3.8) is 0 Å². The monoisotopic (exact) mass is 254 g/mol. The molecule has 0 aliphatic rings. The number of hydrogen-bond donors (Lipinski definition) is 2. The zero-order chi connectivity index (χ0) is 7.82. The first kappa shape index (κ1) is 10.5. The van der Waals surface area contributed by atoms with Crippen LogP contribution < -0.4 is 0 Å². The molecule has 58 valence electrons. The fourth-order valence-corrected chi connectivity index (χ4v) is 1.11. The molecule has 0 heterocycles. The van der Waals surface area contributed by atoms with Crippen molar-refractivity contribution in [2.75, 3.05) is 4.43 Å². The van der Waals surface area contributed by atoms with E-state index in [-0.39, 0.29) is 0 Å². The van der Waals surface area contributed by atoms with Gasteiger partial charge in [-0.1, -0.05) is 34.6 Å². The van der Waals surface area contributed by atoms with E-state index in [2.05, 4.69) is 22.6 Å². The van der Waals surface area contributed by atoms with Crippen molar-refractivity contribution in [1.29, 1.82) is 0 Å². The number of rotatable bonds is 5. The molecule has 0 aromatic rings. The van der Waals surface area contributed by atoms with Crippen molar-refractivity contribution < 1.29 is 10.0 Å². The normalized spacial score (nSPS) is 10.7. The minimum atomic E-state index is -1.28. The van der Waals surface area contributed by atoms with Crippen LogP contribution in [0.25, 0.3) is 0 Å². The molecule has 0 spiro atoms. The summed E-state index contributed by atoms with van der Waals surface area (Å²) < 4.78 is 1.17. The lowest BCUT2D eigenvalue weighted by molar-refractivity contribution is 0.424. The van der Waals surface area contributed by atoms with Gasteiger partial charge in [-0.3, -0.25) is 0 Å². The van der Waals surface area contributed by atoms with E-state index in [0.29, 0.717) is 0 Å². The number of alkyl halides is 1. The van der Waals surface area contributed by atoms with E-state index in [1.807, 2.05) is 0 Å². The molecule has 0 fully saturated rings. The van der Waals surface area contributed by atoms with E-state index in [1.165, 1.54) is 16.8 Å². The second-order valence-electron chi connectivity index (χ2n) is 2.03. The Morgan fingerprint density at radius 3 is 2.50 bits per heavy atom. The van der Waals surface area contributed by atoms with E-state index in [1.54, 1.807) is 6.08 Å². The lowest BCUT2D eigenvalue weighted by atomic mass is 9.91. The maximum Gasteiger partial charge on any atom is 0.480 e. The second kappa shape index (κ2) is 7.56. The Labute approximate surface area is 75.6 Å². The molecule has 0 saturated heterocycles. The van der Waals surface area contributed by atoms with Crippen molar-refractivity contribution in [2.24, 2.45) is 0 Å². The Morgan fingerprint density at radius 2 is 2.00 bits per heavy atom. The van der Waals surface area contributed by atoms with Crippen molar-refractivity contribution in [1.82, 2.24) is 0 Å². The number of allylic oxidation sites excluding steroid dienone is 1. The van der Waals surface area contributed by atoms with Crippen molar-refractivity contribution in [3.05, 3.63) is 12.1 Å². The Balaban J connectivity index is 3.02. The first-order valence-electron chi connectivity index (χ1n) is 3.36. The predicted molar refractivity (Wildman–Crippen MR) is 52.1 cm³/mol. The van der Waals surface area contributed by atoms with Crippen LogP contribution in [0.2, 0.25) is 0 Å². The maximum absolute atomic E-state index is 8.38. The van der Waals surface area contributed by atoms with Gasteiger partial charge in [0.25, 0.3) is 0 Å². The SMILES string of the molecule is OB(O)/C=C/CCCCI. The van der Waals surface area contributed by atoms with Crippen LogP contribution in [0.4, 0.5) is 0 Å². The summed E-state index contributed by atoms with van der Waals surface area (Å²) >= 11 is 2.33. The molecule has 0 aliphatic carbocycles. The quantitative estimate of drug-likeness (QED) is 0.334. The van der Waals surface area contributed by atoms with Gasteiger partial charge in [-0.25, -0.2) is 0 Å². The van der Waals surface area contributed by atoms with Crippen LogP contribution in [0.1, 0.15) is 19.3 Å². The van der Waals surface area contributed by atoms with Crippen molar-refractivity contribution >= 4 is 29.7 Å². The Hall–Kier alpha value is 0.455. The van der Waals surface area contributed by atoms with Crippen LogP contribution in [-0.4, -0.2) is 21.6 Å². The molecular formula is C6H12BIO2. The second-order valence-corrected chi connectivity index (χ2v) is 3.11. The Kier molecular flexibility index (Phi) is 7.90. The topological polar surface area (TPSA) is 40.5 Å². The van der Waals surface area contributed by atoms with Crippen molar-refractivity contribution in [2.45, 2.75) is 19.3 Å². The molecule has 2 N–H and O–H groups in total. The molecule has 0 atom stereocenters. The van der Waals surface area contributed by atoms with E-state index in [0.717, 1.165) is 12.8 Å². The van der Waals surface area contributed by atoms with Gasteiger partial charge in [-0.2, -0.15) is 0 Å². The van der Waals surface area contributed by atoms with E-state index in [9.17, 15) is 0 Å². The zero-order valence-corrected chi connectivity index (χ0v) is 7.99. The Morgan fingerprint density at radius 1 is 1.30 bits per heavy atom. The van der Waals surface area contributed by atoms with Crippen LogP contribution in [0.15, 0.2) is 12.1 Å². The minimum Gasteiger partial charge on any atom is -0.424 e. The zero-order valence-electron chi connectivity index (χ0n) is 5.83. The molecule has 0 amide bonds. The fourth-order valence-electron chi connectivity index (χ4n) is 0.575. The molecule has 2 nitrogen and oxygen atoms in total. The Bertz CT molecular complexity index is 95.7. The summed E-state index contributed by atoms with van der Waals surface area (Å²) in [6, 6.07) is 0. The third-order valence-electron chi connectivity index (χ3n) is 1.06. The average molecular weight is 254 g/mol. The molecule has 0 aromatic heterocycles. The highest BCUT2D eigenvalue weighted by Gasteiger charge is 1.95. The maximum atomic E-state index is 8.38. The van der Waals surface area contributed by atoms with Gasteiger partial charge < -0.3 is 10.0 Å². The third-order valence-corrected chi connectivity index (χ3v) is 1.83. The van der Waals surface area contributed by atoms with Crippen LogP contribution >= 0.6 is 22.6 Å². The largest absolute Gasteiger partial charge is 0.480 e. The highest BCUT2D eigenvalue weighted by molar-refractivity contribution is 14.1. The smallest absolute Gasteiger partial charge is 0.424 e. The first-order valence-corrected chi connectivity index (χ1v) is 4.88. The van der Waals surface area contributed by atoms with Gasteiger partial charge in [-0.15, -0.1) is 0 Å². The van der Waals surface area contributed by atoms with Crippen LogP contribution in [0, 0.1) is 0 Å². The van der Waals surface area contributed by atoms with Crippen molar-refractivity contribution in [3.8, 4) is 0 Å². The van der Waals surface area contributed by atoms with Crippen LogP contribution in [0.3, 0.4) is 0 Å². The molecule has 0 aromatic carbocycles. The van der Waals surface area contributed by atoms with Crippen LogP contribution in [-0.2, 0) is 0 Å². The summed E-state index contributed by atoms with van der Waals surface area (Å²) in [4.78, 5) is 0. The number of hydrogen-bond acceptors (Lipinski definition) is 2. The summed E-state index contributed by atoms with van der Waals surface area (Å²) in [5, 5.41) is 16.8. The van der Waals surface area contributed by atoms with E-state index < -0.39 is 7.12 Å². The van der Waals surface area contributed by atoms with E-state index >= 15 is 0 Å². The summed E-state index contributed by atoms with van der Waals surface area (Å²) in [5.41, 5.74) is 0. The predicted octanol–water partition coefficient (Wildman–Crippen LogP) is 1.16. The highest BCUT2D eigenvalue weighted by Crippen LogP contribution is 1.99. The summed E-state index contributed by atoms with van der Waals surface area (Å²) in [7, 11) is -1.28. The highest BCUT2D eigenvalue weighted by atomic mass is 127. The van der Waals surface area contributed by atoms with Gasteiger partial charge in [0, 0.05) is 0 Å². The minimum absolute atomic E-state index is 0.945. The fraction of sp³-hybridized carbons (Fsp3) is 0.667. The molecule has 10 heavy (non-hydrogen) atoms. The lowest BCUT2D eigenvalue weighted by Crippen LogP contribution is -2.05. The number of halogens is 1. The van der Waals surface area contributed by atoms with Gasteiger partial charge in [0.2, 0.25) is 0 Å². The molecular weight excluding hydrogens is 242 g/mol. The van der Waals surface area contributed by atoms with Gasteiger partial charge in [-0.05, 0) is 23.7 Å². The molecule has 0 saturated carbocycles. The summed E-state index contributed by atoms with van der Waals surface area (Å²) in [5.74, 6) is 1.40. The summed E-state index contributed by atoms with van der Waals surface area (Å²) in [6.45, 7) is 0. The van der Waals surface area contributed by atoms with Crippen LogP contribution in [0.5, 0.6) is 0 Å². The first-order chi connectivity index (χ1) is 4.77. The average Bonchev–Trinajstić information content (AvgIpc) is 1.87. The standard InChI is InChI=1S/C6H12BIO2/c8-6-4-2-1-3-5-7(9)10/h3,5,9-10H,1-2,4,6H2/b5-3+. The van der Waals surface area contributed by atoms with Gasteiger partial charge in [0.05, 0.1) is 0 Å². The molecule has 0 aliphatic heterocycles. The lowest BCUT2D eigenvalue weighted by Gasteiger charge is -1.90. The molecule has 0 bridgehead atoms. The van der Waals surface area contributed by atoms with E-state index in [4.69, 9.17) is 10.0 Å². The van der Waals surface area contributed by atoms with Gasteiger partial charge >= 0.3 is 7.12 Å².